The first-order valence-corrected chi connectivity index (χ1v) is 17.0. The van der Waals surface area contributed by atoms with Gasteiger partial charge < -0.3 is 56.8 Å². The summed E-state index contributed by atoms with van der Waals surface area (Å²) in [5, 5.41) is 0. The molecule has 1 unspecified atom stereocenters. The monoisotopic (exact) mass is 660 g/mol. The average Bonchev–Trinajstić information content (AvgIpc) is 3.05. The normalized spacial score (nSPS) is 15.3. The maximum absolute atomic E-state index is 5.65. The quantitative estimate of drug-likeness (QED) is 0.0719. The number of rotatable bonds is 37. The van der Waals surface area contributed by atoms with Crippen molar-refractivity contribution in [3.63, 3.8) is 0 Å². The summed E-state index contributed by atoms with van der Waals surface area (Å²) in [5.74, 6) is 0.745. The zero-order valence-corrected chi connectivity index (χ0v) is 27.8. The van der Waals surface area contributed by atoms with Crippen LogP contribution in [0.25, 0.3) is 0 Å². The molecule has 0 aromatic rings. The molecule has 0 N–H and O–H groups in total. The van der Waals surface area contributed by atoms with Crippen molar-refractivity contribution in [1.82, 2.24) is 0 Å². The second-order valence-corrected chi connectivity index (χ2v) is 10.3. The zero-order valence-electron chi connectivity index (χ0n) is 27.1. The van der Waals surface area contributed by atoms with E-state index in [4.69, 9.17) is 68.4 Å². The van der Waals surface area contributed by atoms with E-state index in [1.165, 1.54) is 19.3 Å². The lowest BCUT2D eigenvalue weighted by Crippen LogP contribution is -2.24. The topological polar surface area (TPSA) is 111 Å². The predicted molar refractivity (Wildman–Crippen MR) is 167 cm³/mol. The first-order valence-electron chi connectivity index (χ1n) is 16.5. The van der Waals surface area contributed by atoms with Gasteiger partial charge in [-0.1, -0.05) is 12.8 Å². The van der Waals surface area contributed by atoms with Crippen LogP contribution in [0.5, 0.6) is 0 Å². The van der Waals surface area contributed by atoms with Crippen LogP contribution >= 0.6 is 11.6 Å². The van der Waals surface area contributed by atoms with Gasteiger partial charge >= 0.3 is 0 Å². The molecule has 0 amide bonds. The molecule has 0 radical (unpaired) electrons. The van der Waals surface area contributed by atoms with E-state index >= 15 is 0 Å². The summed E-state index contributed by atoms with van der Waals surface area (Å²) >= 11 is 5.65. The van der Waals surface area contributed by atoms with Crippen LogP contribution in [0.1, 0.15) is 44.9 Å². The number of unbranched alkanes of at least 4 members (excludes halogenated alkanes) is 3. The van der Waals surface area contributed by atoms with Crippen LogP contribution in [0.2, 0.25) is 0 Å². The Morgan fingerprint density at radius 1 is 0.386 bits per heavy atom. The summed E-state index contributed by atoms with van der Waals surface area (Å²) in [6.07, 6.45) is 7.70. The van der Waals surface area contributed by atoms with Gasteiger partial charge in [0.1, 0.15) is 0 Å². The summed E-state index contributed by atoms with van der Waals surface area (Å²) in [6.45, 7) is 12.4. The lowest BCUT2D eigenvalue weighted by molar-refractivity contribution is -0.169. The Hall–Kier alpha value is -0.190. The molecule has 1 rings (SSSR count). The molecule has 1 aliphatic rings. The van der Waals surface area contributed by atoms with Crippen molar-refractivity contribution < 1.29 is 56.8 Å². The molecule has 1 heterocycles. The van der Waals surface area contributed by atoms with Gasteiger partial charge in [0.2, 0.25) is 0 Å². The summed E-state index contributed by atoms with van der Waals surface area (Å²) in [7, 11) is 0. The summed E-state index contributed by atoms with van der Waals surface area (Å²) < 4.78 is 66.0. The first kappa shape index (κ1) is 41.8. The fourth-order valence-electron chi connectivity index (χ4n) is 3.81. The highest BCUT2D eigenvalue weighted by molar-refractivity contribution is 6.17. The van der Waals surface area contributed by atoms with Crippen molar-refractivity contribution in [1.29, 1.82) is 0 Å². The Balaban J connectivity index is 1.60. The average molecular weight is 661 g/mol. The van der Waals surface area contributed by atoms with Crippen LogP contribution in [0.4, 0.5) is 0 Å². The summed E-state index contributed by atoms with van der Waals surface area (Å²) in [4.78, 5) is 0. The lowest BCUT2D eigenvalue weighted by Gasteiger charge is -2.22. The fourth-order valence-corrected chi connectivity index (χ4v) is 4.00. The van der Waals surface area contributed by atoms with Crippen LogP contribution in [0.15, 0.2) is 0 Å². The molecule has 264 valence electrons. The maximum atomic E-state index is 5.65. The van der Waals surface area contributed by atoms with Gasteiger partial charge in [-0.05, 0) is 32.1 Å². The van der Waals surface area contributed by atoms with Crippen LogP contribution in [0, 0.1) is 0 Å². The molecule has 1 fully saturated rings. The van der Waals surface area contributed by atoms with Gasteiger partial charge in [-0.15, -0.1) is 11.6 Å². The van der Waals surface area contributed by atoms with E-state index in [0.29, 0.717) is 132 Å². The van der Waals surface area contributed by atoms with Crippen molar-refractivity contribution in [2.45, 2.75) is 51.2 Å². The van der Waals surface area contributed by atoms with Gasteiger partial charge in [0.25, 0.3) is 0 Å². The molecule has 0 bridgehead atoms. The standard InChI is InChI=1S/C31H61ClO12/c32-8-4-1-2-5-9-33-11-12-34-13-14-35-15-16-36-17-18-37-19-20-38-21-22-39-23-24-40-25-26-41-27-28-42-29-30-44-31-7-3-6-10-43-31/h31H,1-30H2. The molecular formula is C31H61ClO12. The van der Waals surface area contributed by atoms with Crippen LogP contribution in [-0.2, 0) is 56.8 Å². The van der Waals surface area contributed by atoms with Crippen molar-refractivity contribution in [2.75, 3.05) is 151 Å². The fraction of sp³-hybridized carbons (Fsp3) is 1.00. The molecule has 44 heavy (non-hydrogen) atoms. The van der Waals surface area contributed by atoms with Gasteiger partial charge in [-0.2, -0.15) is 0 Å². The van der Waals surface area contributed by atoms with Crippen LogP contribution < -0.4 is 0 Å². The number of alkyl halides is 1. The highest BCUT2D eigenvalue weighted by Gasteiger charge is 2.13. The minimum Gasteiger partial charge on any atom is -0.379 e. The highest BCUT2D eigenvalue weighted by atomic mass is 35.5. The Morgan fingerprint density at radius 2 is 0.727 bits per heavy atom. The molecular weight excluding hydrogens is 600 g/mol. The predicted octanol–water partition coefficient (Wildman–Crippen LogP) is 3.49. The molecule has 0 spiro atoms. The second kappa shape index (κ2) is 37.3. The van der Waals surface area contributed by atoms with E-state index in [0.717, 1.165) is 44.8 Å². The van der Waals surface area contributed by atoms with E-state index in [9.17, 15) is 0 Å². The third-order valence-corrected chi connectivity index (χ3v) is 6.46. The minimum absolute atomic E-state index is 0.0634. The maximum Gasteiger partial charge on any atom is 0.157 e. The molecule has 0 aromatic carbocycles. The van der Waals surface area contributed by atoms with Gasteiger partial charge in [-0.25, -0.2) is 0 Å². The third-order valence-electron chi connectivity index (χ3n) is 6.19. The third kappa shape index (κ3) is 33.2. The van der Waals surface area contributed by atoms with E-state index < -0.39 is 0 Å². The summed E-state index contributed by atoms with van der Waals surface area (Å²) in [5.41, 5.74) is 0. The van der Waals surface area contributed by atoms with Gasteiger partial charge in [0, 0.05) is 19.1 Å². The molecule has 0 saturated carbocycles. The SMILES string of the molecule is ClCCCCCCOCCOCCOCCOCCOCCOCCOCCOCCOCCOCCOC1CCCCO1. The Bertz CT molecular complexity index is 532. The number of halogens is 1. The number of hydrogen-bond donors (Lipinski definition) is 0. The highest BCUT2D eigenvalue weighted by Crippen LogP contribution is 2.13. The van der Waals surface area contributed by atoms with Crippen LogP contribution in [0.3, 0.4) is 0 Å². The van der Waals surface area contributed by atoms with Gasteiger partial charge in [0.15, 0.2) is 6.29 Å². The molecule has 1 aliphatic heterocycles. The Labute approximate surface area is 270 Å². The van der Waals surface area contributed by atoms with Crippen molar-refractivity contribution in [3.05, 3.63) is 0 Å². The summed E-state index contributed by atoms with van der Waals surface area (Å²) in [6, 6.07) is 0. The molecule has 1 atom stereocenters. The zero-order chi connectivity index (χ0) is 31.3. The van der Waals surface area contributed by atoms with E-state index in [2.05, 4.69) is 0 Å². The minimum atomic E-state index is -0.0634. The molecule has 12 nitrogen and oxygen atoms in total. The van der Waals surface area contributed by atoms with Crippen molar-refractivity contribution in [2.24, 2.45) is 0 Å². The van der Waals surface area contributed by atoms with Crippen LogP contribution in [-0.4, -0.2) is 158 Å². The number of hydrogen-bond acceptors (Lipinski definition) is 12. The number of ether oxygens (including phenoxy) is 12. The van der Waals surface area contributed by atoms with E-state index in [-0.39, 0.29) is 6.29 Å². The van der Waals surface area contributed by atoms with E-state index in [1.807, 2.05) is 0 Å². The van der Waals surface area contributed by atoms with Crippen molar-refractivity contribution >= 4 is 11.6 Å². The van der Waals surface area contributed by atoms with Gasteiger partial charge in [0.05, 0.1) is 132 Å². The molecule has 0 aromatic heterocycles. The second-order valence-electron chi connectivity index (χ2n) is 9.89. The molecule has 13 heteroatoms. The lowest BCUT2D eigenvalue weighted by atomic mass is 10.2. The van der Waals surface area contributed by atoms with Gasteiger partial charge in [-0.3, -0.25) is 0 Å². The van der Waals surface area contributed by atoms with Crippen molar-refractivity contribution in [3.8, 4) is 0 Å². The molecule has 1 saturated heterocycles. The smallest absolute Gasteiger partial charge is 0.157 e. The Morgan fingerprint density at radius 3 is 1.07 bits per heavy atom. The largest absolute Gasteiger partial charge is 0.379 e. The van der Waals surface area contributed by atoms with E-state index in [1.54, 1.807) is 0 Å². The first-order chi connectivity index (χ1) is 21.9. The molecule has 0 aliphatic carbocycles. The Kier molecular flexibility index (Phi) is 35.4.